The highest BCUT2D eigenvalue weighted by Gasteiger charge is 2.40. The van der Waals surface area contributed by atoms with Crippen LogP contribution in [0.4, 0.5) is 4.79 Å². The zero-order valence-corrected chi connectivity index (χ0v) is 28.2. The summed E-state index contributed by atoms with van der Waals surface area (Å²) in [5, 5.41) is 15.5. The SMILES string of the molecule is C=CCCC(NC(=O)OCC1c2ccccc2-c2ccccc21)C(=O)OCC1(NC(=O)C(CC=C)CC(=O)N2CCCC2CO)CCCC1. The molecule has 1 heterocycles. The van der Waals surface area contributed by atoms with E-state index in [0.717, 1.165) is 47.9 Å². The van der Waals surface area contributed by atoms with Gasteiger partial charge in [0.05, 0.1) is 24.1 Å². The molecule has 1 saturated carbocycles. The van der Waals surface area contributed by atoms with Crippen LogP contribution in [0.2, 0.25) is 0 Å². The molecule has 10 heteroatoms. The number of aliphatic hydroxyl groups excluding tert-OH is 1. The monoisotopic (exact) mass is 671 g/mol. The van der Waals surface area contributed by atoms with Gasteiger partial charge in [-0.25, -0.2) is 9.59 Å². The number of carbonyl (C=O) groups excluding carboxylic acids is 4. The molecule has 3 amide bonds. The number of nitrogens with zero attached hydrogens (tertiary/aromatic N) is 1. The first kappa shape index (κ1) is 35.9. The molecule has 2 aliphatic carbocycles. The summed E-state index contributed by atoms with van der Waals surface area (Å²) in [5.74, 6) is -1.80. The Morgan fingerprint density at radius 3 is 2.27 bits per heavy atom. The molecule has 3 unspecified atom stereocenters. The van der Waals surface area contributed by atoms with Crippen LogP contribution in [0.25, 0.3) is 11.1 Å². The molecule has 3 N–H and O–H groups in total. The van der Waals surface area contributed by atoms with Gasteiger partial charge in [0.1, 0.15) is 19.3 Å². The largest absolute Gasteiger partial charge is 0.462 e. The van der Waals surface area contributed by atoms with Crippen molar-refractivity contribution in [2.75, 3.05) is 26.4 Å². The number of alkyl carbamates (subject to hydrolysis) is 1. The highest BCUT2D eigenvalue weighted by atomic mass is 16.6. The predicted octanol–water partition coefficient (Wildman–Crippen LogP) is 5.40. The first-order valence-electron chi connectivity index (χ1n) is 17.5. The standard InChI is InChI=1S/C39H49N3O7/c1-3-5-19-34(40-38(47)48-25-33-31-17-8-6-15-29(31)30-16-7-9-18-32(30)33)37(46)49-26-39(20-10-11-21-39)41-36(45)27(13-4-2)23-35(44)42-22-12-14-28(42)24-43/h3-4,6-9,15-18,27-28,33-34,43H,1-2,5,10-14,19-26H2,(H,40,47)(H,41,45). The molecule has 0 radical (unpaired) electrons. The van der Waals surface area contributed by atoms with Gasteiger partial charge in [-0.15, -0.1) is 13.2 Å². The molecule has 0 spiro atoms. The molecule has 49 heavy (non-hydrogen) atoms. The fraction of sp³-hybridized carbons (Fsp3) is 0.487. The maximum atomic E-state index is 13.6. The lowest BCUT2D eigenvalue weighted by atomic mass is 9.94. The van der Waals surface area contributed by atoms with Crippen LogP contribution in [0.1, 0.15) is 81.3 Å². The molecule has 3 atom stereocenters. The van der Waals surface area contributed by atoms with Gasteiger partial charge in [0, 0.05) is 18.9 Å². The second-order valence-corrected chi connectivity index (χ2v) is 13.5. The minimum absolute atomic E-state index is 0.0118. The number of hydrogen-bond acceptors (Lipinski definition) is 7. The maximum Gasteiger partial charge on any atom is 0.407 e. The van der Waals surface area contributed by atoms with E-state index in [1.54, 1.807) is 17.1 Å². The number of ether oxygens (including phenoxy) is 2. The summed E-state index contributed by atoms with van der Waals surface area (Å²) in [4.78, 5) is 54.8. The average Bonchev–Trinajstić information content (AvgIpc) is 3.86. The van der Waals surface area contributed by atoms with E-state index in [1.165, 1.54) is 0 Å². The molecular weight excluding hydrogens is 622 g/mol. The van der Waals surface area contributed by atoms with E-state index in [4.69, 9.17) is 9.47 Å². The van der Waals surface area contributed by atoms with Crippen molar-refractivity contribution in [1.29, 1.82) is 0 Å². The van der Waals surface area contributed by atoms with Crippen LogP contribution in [-0.4, -0.2) is 77.9 Å². The van der Waals surface area contributed by atoms with Crippen LogP contribution >= 0.6 is 0 Å². The Labute approximate surface area is 288 Å². The minimum atomic E-state index is -0.964. The molecule has 5 rings (SSSR count). The summed E-state index contributed by atoms with van der Waals surface area (Å²) in [7, 11) is 0. The van der Waals surface area contributed by atoms with E-state index < -0.39 is 29.6 Å². The predicted molar refractivity (Wildman–Crippen MR) is 186 cm³/mol. The van der Waals surface area contributed by atoms with Gasteiger partial charge in [0.2, 0.25) is 11.8 Å². The Morgan fingerprint density at radius 2 is 1.63 bits per heavy atom. The van der Waals surface area contributed by atoms with Crippen molar-refractivity contribution >= 4 is 23.9 Å². The van der Waals surface area contributed by atoms with Crippen molar-refractivity contribution < 1.29 is 33.8 Å². The topological polar surface area (TPSA) is 134 Å². The number of likely N-dealkylation sites (tertiary alicyclic amines) is 1. The molecule has 1 aliphatic heterocycles. The van der Waals surface area contributed by atoms with Crippen molar-refractivity contribution in [2.45, 2.75) is 87.7 Å². The van der Waals surface area contributed by atoms with Crippen molar-refractivity contribution in [1.82, 2.24) is 15.5 Å². The van der Waals surface area contributed by atoms with E-state index in [2.05, 4.69) is 35.9 Å². The van der Waals surface area contributed by atoms with Crippen LogP contribution in [0, 0.1) is 5.92 Å². The lowest BCUT2D eigenvalue weighted by Gasteiger charge is -2.32. The van der Waals surface area contributed by atoms with Crippen LogP contribution < -0.4 is 10.6 Å². The third-order valence-corrected chi connectivity index (χ3v) is 10.2. The van der Waals surface area contributed by atoms with Gasteiger partial charge in [-0.05, 0) is 67.2 Å². The van der Waals surface area contributed by atoms with Gasteiger partial charge in [0.25, 0.3) is 0 Å². The number of nitrogens with one attached hydrogen (secondary N) is 2. The molecule has 10 nitrogen and oxygen atoms in total. The molecule has 2 fully saturated rings. The quantitative estimate of drug-likeness (QED) is 0.161. The summed E-state index contributed by atoms with van der Waals surface area (Å²) in [6.07, 6.45) is 8.19. The molecule has 3 aliphatic rings. The number of allylic oxidation sites excluding steroid dienone is 2. The summed E-state index contributed by atoms with van der Waals surface area (Å²) >= 11 is 0. The Hall–Kier alpha value is -4.44. The highest BCUT2D eigenvalue weighted by molar-refractivity contribution is 5.87. The second kappa shape index (κ2) is 16.8. The van der Waals surface area contributed by atoms with Gasteiger partial charge >= 0.3 is 12.1 Å². The molecular formula is C39H49N3O7. The molecule has 0 bridgehead atoms. The van der Waals surface area contributed by atoms with Gasteiger partial charge in [0.15, 0.2) is 0 Å². The zero-order chi connectivity index (χ0) is 34.8. The van der Waals surface area contributed by atoms with Gasteiger partial charge in [-0.3, -0.25) is 9.59 Å². The second-order valence-electron chi connectivity index (χ2n) is 13.5. The highest BCUT2D eigenvalue weighted by Crippen LogP contribution is 2.44. The van der Waals surface area contributed by atoms with E-state index in [0.29, 0.717) is 32.2 Å². The van der Waals surface area contributed by atoms with Gasteiger partial charge < -0.3 is 30.1 Å². The fourth-order valence-corrected chi connectivity index (χ4v) is 7.51. The van der Waals surface area contributed by atoms with Gasteiger partial charge in [-0.2, -0.15) is 0 Å². The smallest absolute Gasteiger partial charge is 0.407 e. The summed E-state index contributed by atoms with van der Waals surface area (Å²) in [5.41, 5.74) is 3.65. The lowest BCUT2D eigenvalue weighted by Crippen LogP contribution is -2.53. The van der Waals surface area contributed by atoms with Crippen LogP contribution in [0.5, 0.6) is 0 Å². The van der Waals surface area contributed by atoms with E-state index >= 15 is 0 Å². The van der Waals surface area contributed by atoms with Crippen molar-refractivity contribution in [3.05, 3.63) is 85.0 Å². The van der Waals surface area contributed by atoms with Crippen molar-refractivity contribution in [3.8, 4) is 11.1 Å². The minimum Gasteiger partial charge on any atom is -0.462 e. The Kier molecular flexibility index (Phi) is 12.3. The molecule has 2 aromatic rings. The molecule has 1 saturated heterocycles. The number of carbonyl (C=O) groups is 4. The van der Waals surface area contributed by atoms with E-state index in [1.807, 2.05) is 36.4 Å². The van der Waals surface area contributed by atoms with Crippen molar-refractivity contribution in [3.63, 3.8) is 0 Å². The van der Waals surface area contributed by atoms with Crippen LogP contribution in [0.3, 0.4) is 0 Å². The number of benzene rings is 2. The molecule has 0 aromatic heterocycles. The zero-order valence-electron chi connectivity index (χ0n) is 28.2. The van der Waals surface area contributed by atoms with Crippen molar-refractivity contribution in [2.24, 2.45) is 5.92 Å². The Bertz CT molecular complexity index is 1470. The van der Waals surface area contributed by atoms with Crippen LogP contribution in [0.15, 0.2) is 73.8 Å². The normalized spacial score (nSPS) is 18.9. The Morgan fingerprint density at radius 1 is 0.959 bits per heavy atom. The molecule has 2 aromatic carbocycles. The lowest BCUT2D eigenvalue weighted by molar-refractivity contribution is -0.149. The molecule has 262 valence electrons. The number of hydrogen-bond donors (Lipinski definition) is 3. The number of rotatable bonds is 16. The van der Waals surface area contributed by atoms with E-state index in [9.17, 15) is 24.3 Å². The first-order chi connectivity index (χ1) is 23.8. The summed E-state index contributed by atoms with van der Waals surface area (Å²) in [6, 6.07) is 15.0. The number of fused-ring (bicyclic) bond motifs is 3. The number of aliphatic hydroxyl groups is 1. The third kappa shape index (κ3) is 8.60. The van der Waals surface area contributed by atoms with Crippen LogP contribution in [-0.2, 0) is 23.9 Å². The maximum absolute atomic E-state index is 13.6. The fourth-order valence-electron chi connectivity index (χ4n) is 7.51. The summed E-state index contributed by atoms with van der Waals surface area (Å²) in [6.45, 7) is 8.08. The van der Waals surface area contributed by atoms with Gasteiger partial charge in [-0.1, -0.05) is 73.5 Å². The number of esters is 1. The van der Waals surface area contributed by atoms with E-state index in [-0.39, 0.29) is 56.4 Å². The average molecular weight is 672 g/mol. The number of amides is 3. The first-order valence-corrected chi connectivity index (χ1v) is 17.5. The third-order valence-electron chi connectivity index (χ3n) is 10.2. The Balaban J connectivity index is 1.18. The summed E-state index contributed by atoms with van der Waals surface area (Å²) < 4.78 is 11.5.